The van der Waals surface area contributed by atoms with Gasteiger partial charge in [-0.25, -0.2) is 4.98 Å². The third kappa shape index (κ3) is 5.63. The van der Waals surface area contributed by atoms with Crippen molar-refractivity contribution in [2.45, 2.75) is 11.4 Å². The highest BCUT2D eigenvalue weighted by molar-refractivity contribution is 7.99. The largest absolute Gasteiger partial charge is 0.493 e. The fraction of sp³-hybridized carbons (Fsp3) is 0.222. The molecule has 0 atom stereocenters. The van der Waals surface area contributed by atoms with E-state index < -0.39 is 0 Å². The van der Waals surface area contributed by atoms with E-state index in [-0.39, 0.29) is 11.7 Å². The number of anilines is 1. The summed E-state index contributed by atoms with van der Waals surface area (Å²) >= 11 is 1.37. The van der Waals surface area contributed by atoms with Crippen LogP contribution < -0.4 is 24.3 Å². The van der Waals surface area contributed by atoms with Crippen LogP contribution in [0, 0.1) is 0 Å². The van der Waals surface area contributed by atoms with Crippen molar-refractivity contribution in [3.8, 4) is 23.0 Å². The molecule has 0 aliphatic carbocycles. The minimum atomic E-state index is -0.156. The summed E-state index contributed by atoms with van der Waals surface area (Å²) in [5.41, 5.74) is 2.27. The number of nitrogens with one attached hydrogen (secondary N) is 1. The Kier molecular flexibility index (Phi) is 8.12. The number of hydrogen-bond donors (Lipinski definition) is 1. The molecule has 8 nitrogen and oxygen atoms in total. The number of nitrogens with zero attached hydrogens (tertiary/aromatic N) is 2. The van der Waals surface area contributed by atoms with Gasteiger partial charge in [-0.1, -0.05) is 17.8 Å². The van der Waals surface area contributed by atoms with Gasteiger partial charge in [0.05, 0.1) is 44.9 Å². The maximum Gasteiger partial charge on any atom is 0.234 e. The molecule has 0 saturated carbocycles. The first-order chi connectivity index (χ1) is 17.6. The van der Waals surface area contributed by atoms with Crippen LogP contribution in [-0.2, 0) is 11.2 Å². The summed E-state index contributed by atoms with van der Waals surface area (Å²) in [4.78, 5) is 21.7. The van der Waals surface area contributed by atoms with Gasteiger partial charge in [-0.3, -0.25) is 9.78 Å². The average Bonchev–Trinajstić information content (AvgIpc) is 2.92. The summed E-state index contributed by atoms with van der Waals surface area (Å²) in [5.74, 6) is 2.41. The van der Waals surface area contributed by atoms with Crippen LogP contribution in [0.25, 0.3) is 10.8 Å². The molecule has 0 aliphatic rings. The molecule has 4 rings (SSSR count). The molecule has 0 unspecified atom stereocenters. The zero-order chi connectivity index (χ0) is 25.5. The van der Waals surface area contributed by atoms with E-state index in [0.717, 1.165) is 27.1 Å². The van der Waals surface area contributed by atoms with Crippen molar-refractivity contribution >= 4 is 34.1 Å². The van der Waals surface area contributed by atoms with Crippen LogP contribution in [0.5, 0.6) is 23.0 Å². The number of carbonyl (C=O) groups excluding carboxylic acids is 1. The van der Waals surface area contributed by atoms with Crippen molar-refractivity contribution in [3.05, 3.63) is 72.2 Å². The summed E-state index contributed by atoms with van der Waals surface area (Å²) in [7, 11) is 6.35. The molecule has 2 heterocycles. The molecule has 0 fully saturated rings. The number of fused-ring (bicyclic) bond motifs is 1. The van der Waals surface area contributed by atoms with Gasteiger partial charge >= 0.3 is 0 Å². The Balaban J connectivity index is 1.67. The predicted molar refractivity (Wildman–Crippen MR) is 141 cm³/mol. The number of hydrogen-bond acceptors (Lipinski definition) is 8. The lowest BCUT2D eigenvalue weighted by atomic mass is 10.0. The Bertz CT molecular complexity index is 1360. The van der Waals surface area contributed by atoms with Gasteiger partial charge in [0.1, 0.15) is 0 Å². The van der Waals surface area contributed by atoms with E-state index in [9.17, 15) is 4.79 Å². The zero-order valence-electron chi connectivity index (χ0n) is 20.5. The van der Waals surface area contributed by atoms with E-state index in [2.05, 4.69) is 15.3 Å². The molecule has 2 aromatic heterocycles. The van der Waals surface area contributed by atoms with Crippen molar-refractivity contribution in [1.29, 1.82) is 0 Å². The van der Waals surface area contributed by atoms with Crippen LogP contribution in [0.2, 0.25) is 0 Å². The van der Waals surface area contributed by atoms with E-state index in [0.29, 0.717) is 35.1 Å². The predicted octanol–water partition coefficient (Wildman–Crippen LogP) is 4.99. The first kappa shape index (κ1) is 25.1. The van der Waals surface area contributed by atoms with Crippen LogP contribution in [0.15, 0.2) is 66.0 Å². The third-order valence-electron chi connectivity index (χ3n) is 5.58. The monoisotopic (exact) mass is 505 g/mol. The van der Waals surface area contributed by atoms with Gasteiger partial charge in [-0.15, -0.1) is 0 Å². The molecule has 9 heteroatoms. The minimum absolute atomic E-state index is 0.156. The van der Waals surface area contributed by atoms with Crippen molar-refractivity contribution < 1.29 is 23.7 Å². The van der Waals surface area contributed by atoms with Crippen LogP contribution in [0.3, 0.4) is 0 Å². The highest BCUT2D eigenvalue weighted by Crippen LogP contribution is 2.37. The zero-order valence-corrected chi connectivity index (χ0v) is 21.3. The molecule has 0 radical (unpaired) electrons. The van der Waals surface area contributed by atoms with Gasteiger partial charge in [0, 0.05) is 36.0 Å². The average molecular weight is 506 g/mol. The fourth-order valence-electron chi connectivity index (χ4n) is 3.82. The van der Waals surface area contributed by atoms with Crippen LogP contribution in [0.4, 0.5) is 5.69 Å². The summed E-state index contributed by atoms with van der Waals surface area (Å²) in [6.07, 6.45) is 3.90. The molecular weight excluding hydrogens is 478 g/mol. The smallest absolute Gasteiger partial charge is 0.234 e. The molecule has 1 N–H and O–H groups in total. The standard InChI is InChI=1S/C27H27N3O5S/c1-32-22-12-17-8-10-28-21(19(17)14-24(22)34-3)11-18-13-23(33-2)25(35-4)15-20(18)30-26(31)16-36-27-7-5-6-9-29-27/h5-10,12-15H,11,16H2,1-4H3,(H,30,31). The molecule has 0 bridgehead atoms. The lowest BCUT2D eigenvalue weighted by molar-refractivity contribution is -0.113. The summed E-state index contributed by atoms with van der Waals surface area (Å²) < 4.78 is 22.0. The second-order valence-corrected chi connectivity index (χ2v) is 8.73. The lowest BCUT2D eigenvalue weighted by Crippen LogP contribution is -2.16. The number of carbonyl (C=O) groups is 1. The van der Waals surface area contributed by atoms with E-state index in [4.69, 9.17) is 18.9 Å². The molecule has 36 heavy (non-hydrogen) atoms. The van der Waals surface area contributed by atoms with E-state index in [1.807, 2.05) is 42.5 Å². The highest BCUT2D eigenvalue weighted by atomic mass is 32.2. The van der Waals surface area contributed by atoms with Gasteiger partial charge < -0.3 is 24.3 Å². The fourth-order valence-corrected chi connectivity index (χ4v) is 4.48. The normalized spacial score (nSPS) is 10.7. The molecule has 1 amide bonds. The number of pyridine rings is 2. The number of benzene rings is 2. The summed E-state index contributed by atoms with van der Waals surface area (Å²) in [5, 5.41) is 5.69. The van der Waals surface area contributed by atoms with Gasteiger partial charge in [0.25, 0.3) is 0 Å². The third-order valence-corrected chi connectivity index (χ3v) is 6.53. The van der Waals surface area contributed by atoms with Crippen molar-refractivity contribution in [1.82, 2.24) is 9.97 Å². The van der Waals surface area contributed by atoms with Crippen molar-refractivity contribution in [2.24, 2.45) is 0 Å². The molecule has 0 saturated heterocycles. The Labute approximate surface area is 214 Å². The number of aromatic nitrogens is 2. The number of amides is 1. The maximum absolute atomic E-state index is 12.8. The van der Waals surface area contributed by atoms with Gasteiger partial charge in [-0.05, 0) is 47.3 Å². The number of rotatable bonds is 10. The first-order valence-electron chi connectivity index (χ1n) is 11.1. The Morgan fingerprint density at radius 3 is 2.22 bits per heavy atom. The molecule has 0 spiro atoms. The quantitative estimate of drug-likeness (QED) is 0.302. The van der Waals surface area contributed by atoms with Crippen LogP contribution >= 0.6 is 11.8 Å². The van der Waals surface area contributed by atoms with Crippen LogP contribution in [0.1, 0.15) is 11.3 Å². The Morgan fingerprint density at radius 2 is 1.53 bits per heavy atom. The highest BCUT2D eigenvalue weighted by Gasteiger charge is 2.17. The Morgan fingerprint density at radius 1 is 0.833 bits per heavy atom. The molecule has 2 aromatic carbocycles. The van der Waals surface area contributed by atoms with Crippen molar-refractivity contribution in [3.63, 3.8) is 0 Å². The van der Waals surface area contributed by atoms with Gasteiger partial charge in [0.2, 0.25) is 5.91 Å². The molecule has 4 aromatic rings. The van der Waals surface area contributed by atoms with E-state index in [1.54, 1.807) is 46.9 Å². The molecule has 186 valence electrons. The van der Waals surface area contributed by atoms with Crippen LogP contribution in [-0.4, -0.2) is 50.1 Å². The maximum atomic E-state index is 12.8. The topological polar surface area (TPSA) is 91.8 Å². The van der Waals surface area contributed by atoms with Crippen molar-refractivity contribution in [2.75, 3.05) is 39.5 Å². The molecular formula is C27H27N3O5S. The second-order valence-electron chi connectivity index (χ2n) is 7.73. The summed E-state index contributed by atoms with van der Waals surface area (Å²) in [6, 6.07) is 15.0. The SMILES string of the molecule is COc1cc(Cc2nccc3cc(OC)c(OC)cc23)c(NC(=O)CSc2ccccn2)cc1OC. The lowest BCUT2D eigenvalue weighted by Gasteiger charge is -2.17. The van der Waals surface area contributed by atoms with Gasteiger partial charge in [0.15, 0.2) is 23.0 Å². The summed E-state index contributed by atoms with van der Waals surface area (Å²) in [6.45, 7) is 0. The number of ether oxygens (including phenoxy) is 4. The first-order valence-corrected chi connectivity index (χ1v) is 12.1. The number of thioether (sulfide) groups is 1. The van der Waals surface area contributed by atoms with E-state index in [1.165, 1.54) is 11.8 Å². The van der Waals surface area contributed by atoms with Gasteiger partial charge in [-0.2, -0.15) is 0 Å². The van der Waals surface area contributed by atoms with E-state index >= 15 is 0 Å². The number of methoxy groups -OCH3 is 4. The molecule has 0 aliphatic heterocycles. The minimum Gasteiger partial charge on any atom is -0.493 e. The second kappa shape index (κ2) is 11.6. The Hall–Kier alpha value is -3.98.